The normalized spacial score (nSPS) is 25.7. The van der Waals surface area contributed by atoms with E-state index in [1.54, 1.807) is 7.05 Å². The molecule has 0 aromatic rings. The summed E-state index contributed by atoms with van der Waals surface area (Å²) in [7, 11) is 1.59. The van der Waals surface area contributed by atoms with Gasteiger partial charge in [0.1, 0.15) is 0 Å². The molecule has 1 rings (SSSR count). The van der Waals surface area contributed by atoms with E-state index in [1.807, 2.05) is 0 Å². The van der Waals surface area contributed by atoms with Crippen LogP contribution < -0.4 is 10.6 Å². The van der Waals surface area contributed by atoms with Crippen LogP contribution in [-0.2, 0) is 4.79 Å². The molecular weight excluding hydrogens is 196 g/mol. The lowest BCUT2D eigenvalue weighted by molar-refractivity contribution is -0.138. The first-order chi connectivity index (χ1) is 7.11. The summed E-state index contributed by atoms with van der Waals surface area (Å²) in [6.45, 7) is 0. The second-order valence-corrected chi connectivity index (χ2v) is 4.04. The zero-order valence-corrected chi connectivity index (χ0v) is 8.95. The van der Waals surface area contributed by atoms with Gasteiger partial charge in [0, 0.05) is 19.5 Å². The molecule has 86 valence electrons. The third-order valence-corrected chi connectivity index (χ3v) is 2.87. The molecule has 0 unspecified atom stereocenters. The van der Waals surface area contributed by atoms with Crippen LogP contribution >= 0.6 is 0 Å². The molecule has 0 saturated heterocycles. The molecule has 0 aromatic carbocycles. The van der Waals surface area contributed by atoms with E-state index in [2.05, 4.69) is 10.6 Å². The van der Waals surface area contributed by atoms with Crippen molar-refractivity contribution in [3.8, 4) is 0 Å². The molecular formula is C10H18N2O3. The van der Waals surface area contributed by atoms with Crippen LogP contribution in [0.15, 0.2) is 0 Å². The molecule has 0 bridgehead atoms. The van der Waals surface area contributed by atoms with Crippen molar-refractivity contribution in [3.05, 3.63) is 0 Å². The molecule has 3 N–H and O–H groups in total. The SMILES string of the molecule is CNC(=O)NC1CCC(CC(=O)O)CC1. The minimum absolute atomic E-state index is 0.156. The van der Waals surface area contributed by atoms with Crippen LogP contribution in [0.25, 0.3) is 0 Å². The van der Waals surface area contributed by atoms with Crippen LogP contribution in [-0.4, -0.2) is 30.2 Å². The Bertz CT molecular complexity index is 235. The second kappa shape index (κ2) is 5.58. The Balaban J connectivity index is 2.23. The zero-order valence-electron chi connectivity index (χ0n) is 8.95. The van der Waals surface area contributed by atoms with Crippen molar-refractivity contribution in [1.29, 1.82) is 0 Å². The van der Waals surface area contributed by atoms with Crippen molar-refractivity contribution in [1.82, 2.24) is 10.6 Å². The van der Waals surface area contributed by atoms with Crippen molar-refractivity contribution in [2.24, 2.45) is 5.92 Å². The molecule has 5 nitrogen and oxygen atoms in total. The number of urea groups is 1. The molecule has 1 saturated carbocycles. The van der Waals surface area contributed by atoms with Crippen molar-refractivity contribution < 1.29 is 14.7 Å². The highest BCUT2D eigenvalue weighted by molar-refractivity contribution is 5.73. The topological polar surface area (TPSA) is 78.4 Å². The van der Waals surface area contributed by atoms with E-state index in [0.29, 0.717) is 0 Å². The average Bonchev–Trinajstić information content (AvgIpc) is 2.20. The molecule has 0 atom stereocenters. The van der Waals surface area contributed by atoms with Gasteiger partial charge in [-0.3, -0.25) is 4.79 Å². The number of hydrogen-bond acceptors (Lipinski definition) is 2. The Labute approximate surface area is 89.2 Å². The van der Waals surface area contributed by atoms with Gasteiger partial charge in [-0.25, -0.2) is 4.79 Å². The zero-order chi connectivity index (χ0) is 11.3. The molecule has 15 heavy (non-hydrogen) atoms. The molecule has 0 heterocycles. The monoisotopic (exact) mass is 214 g/mol. The van der Waals surface area contributed by atoms with Gasteiger partial charge in [0.2, 0.25) is 0 Å². The van der Waals surface area contributed by atoms with Gasteiger partial charge in [-0.2, -0.15) is 0 Å². The maximum Gasteiger partial charge on any atom is 0.314 e. The van der Waals surface area contributed by atoms with Gasteiger partial charge in [-0.15, -0.1) is 0 Å². The summed E-state index contributed by atoms with van der Waals surface area (Å²) in [5.74, 6) is -0.442. The summed E-state index contributed by atoms with van der Waals surface area (Å²) >= 11 is 0. The molecule has 0 radical (unpaired) electrons. The quantitative estimate of drug-likeness (QED) is 0.654. The number of hydrogen-bond donors (Lipinski definition) is 3. The van der Waals surface area contributed by atoms with E-state index < -0.39 is 5.97 Å². The van der Waals surface area contributed by atoms with Gasteiger partial charge in [0.15, 0.2) is 0 Å². The van der Waals surface area contributed by atoms with Crippen molar-refractivity contribution >= 4 is 12.0 Å². The van der Waals surface area contributed by atoms with Crippen molar-refractivity contribution in [2.45, 2.75) is 38.1 Å². The first-order valence-electron chi connectivity index (χ1n) is 5.32. The highest BCUT2D eigenvalue weighted by Gasteiger charge is 2.23. The summed E-state index contributed by atoms with van der Waals surface area (Å²) in [6, 6.07) is 0.0479. The third kappa shape index (κ3) is 4.18. The summed E-state index contributed by atoms with van der Waals surface area (Å²) in [4.78, 5) is 21.5. The lowest BCUT2D eigenvalue weighted by Gasteiger charge is -2.28. The molecule has 0 aliphatic heterocycles. The standard InChI is InChI=1S/C10H18N2O3/c1-11-10(15)12-8-4-2-7(3-5-8)6-9(13)14/h7-8H,2-6H2,1H3,(H,13,14)(H2,11,12,15). The van der Waals surface area contributed by atoms with Crippen molar-refractivity contribution in [3.63, 3.8) is 0 Å². The van der Waals surface area contributed by atoms with E-state index in [0.717, 1.165) is 25.7 Å². The predicted molar refractivity (Wildman–Crippen MR) is 55.6 cm³/mol. The summed E-state index contributed by atoms with van der Waals surface area (Å²) < 4.78 is 0. The van der Waals surface area contributed by atoms with Gasteiger partial charge < -0.3 is 15.7 Å². The Morgan fingerprint density at radius 3 is 2.33 bits per heavy atom. The number of rotatable bonds is 3. The molecule has 1 aliphatic rings. The fourth-order valence-electron chi connectivity index (χ4n) is 2.02. The number of carbonyl (C=O) groups is 2. The number of aliphatic carboxylic acids is 1. The second-order valence-electron chi connectivity index (χ2n) is 4.04. The van der Waals surface area contributed by atoms with Crippen LogP contribution in [0.2, 0.25) is 0 Å². The highest BCUT2D eigenvalue weighted by Crippen LogP contribution is 2.26. The predicted octanol–water partition coefficient (Wildman–Crippen LogP) is 0.949. The number of nitrogens with one attached hydrogen (secondary N) is 2. The maximum atomic E-state index is 11.0. The number of amides is 2. The van der Waals surface area contributed by atoms with E-state index in [1.165, 1.54) is 0 Å². The number of carbonyl (C=O) groups excluding carboxylic acids is 1. The van der Waals surface area contributed by atoms with Gasteiger partial charge in [0.05, 0.1) is 0 Å². The Kier molecular flexibility index (Phi) is 4.39. The molecule has 5 heteroatoms. The van der Waals surface area contributed by atoms with E-state index >= 15 is 0 Å². The fraction of sp³-hybridized carbons (Fsp3) is 0.800. The van der Waals surface area contributed by atoms with Crippen LogP contribution in [0.5, 0.6) is 0 Å². The van der Waals surface area contributed by atoms with Gasteiger partial charge >= 0.3 is 12.0 Å². The summed E-state index contributed by atoms with van der Waals surface area (Å²) in [5.41, 5.74) is 0. The Morgan fingerprint density at radius 2 is 1.87 bits per heavy atom. The minimum Gasteiger partial charge on any atom is -0.481 e. The minimum atomic E-state index is -0.724. The van der Waals surface area contributed by atoms with E-state index in [4.69, 9.17) is 5.11 Å². The Hall–Kier alpha value is -1.26. The smallest absolute Gasteiger partial charge is 0.314 e. The highest BCUT2D eigenvalue weighted by atomic mass is 16.4. The molecule has 1 fully saturated rings. The molecule has 0 spiro atoms. The molecule has 1 aliphatic carbocycles. The summed E-state index contributed by atoms with van der Waals surface area (Å²) in [5, 5.41) is 14.0. The van der Waals surface area contributed by atoms with Gasteiger partial charge in [-0.1, -0.05) is 0 Å². The average molecular weight is 214 g/mol. The molecule has 2 amide bonds. The van der Waals surface area contributed by atoms with Gasteiger partial charge in [0.25, 0.3) is 0 Å². The fourth-order valence-corrected chi connectivity index (χ4v) is 2.02. The van der Waals surface area contributed by atoms with E-state index in [-0.39, 0.29) is 24.4 Å². The first-order valence-corrected chi connectivity index (χ1v) is 5.32. The van der Waals surface area contributed by atoms with Crippen molar-refractivity contribution in [2.75, 3.05) is 7.05 Å². The molecule has 0 aromatic heterocycles. The van der Waals surface area contributed by atoms with E-state index in [9.17, 15) is 9.59 Å². The summed E-state index contributed by atoms with van der Waals surface area (Å²) in [6.07, 6.45) is 3.80. The van der Waals surface area contributed by atoms with Crippen LogP contribution in [0.3, 0.4) is 0 Å². The van der Waals surface area contributed by atoms with Gasteiger partial charge in [-0.05, 0) is 31.6 Å². The van der Waals surface area contributed by atoms with Crippen LogP contribution in [0, 0.1) is 5.92 Å². The maximum absolute atomic E-state index is 11.0. The Morgan fingerprint density at radius 1 is 1.27 bits per heavy atom. The largest absolute Gasteiger partial charge is 0.481 e. The lowest BCUT2D eigenvalue weighted by atomic mass is 9.84. The van der Waals surface area contributed by atoms with Crippen LogP contribution in [0.1, 0.15) is 32.1 Å². The number of carboxylic acid groups (broad SMARTS) is 1. The number of carboxylic acids is 1. The van der Waals surface area contributed by atoms with Crippen LogP contribution in [0.4, 0.5) is 4.79 Å². The third-order valence-electron chi connectivity index (χ3n) is 2.87. The first kappa shape index (κ1) is 11.8. The lowest BCUT2D eigenvalue weighted by Crippen LogP contribution is -2.42.